The van der Waals surface area contributed by atoms with Crippen molar-refractivity contribution in [3.8, 4) is 0 Å². The molecule has 11 heavy (non-hydrogen) atoms. The van der Waals surface area contributed by atoms with E-state index in [1.54, 1.807) is 20.8 Å². The fourth-order valence-electron chi connectivity index (χ4n) is 1.14. The third kappa shape index (κ3) is 1.18. The van der Waals surface area contributed by atoms with Gasteiger partial charge in [0.1, 0.15) is 0 Å². The molecule has 2 saturated heterocycles. The van der Waals surface area contributed by atoms with Crippen LogP contribution in [0.15, 0.2) is 0 Å². The molecule has 2 rings (SSSR count). The lowest BCUT2D eigenvalue weighted by Crippen LogP contribution is -2.52. The van der Waals surface area contributed by atoms with Gasteiger partial charge in [0, 0.05) is 41.5 Å². The first-order valence-corrected chi connectivity index (χ1v) is 3.67. The van der Waals surface area contributed by atoms with Crippen LogP contribution in [-0.2, 0) is 0 Å². The molecule has 0 aromatic rings. The largest absolute Gasteiger partial charge is 0.311 e. The molecule has 2 aliphatic rings. The number of likely N-dealkylation sites (tertiary alicyclic amines) is 1. The number of fused-ring (bicyclic) bond motifs is 2. The van der Waals surface area contributed by atoms with E-state index < -0.39 is 36.9 Å². The van der Waals surface area contributed by atoms with Crippen molar-refractivity contribution in [3.63, 3.8) is 0 Å². The van der Waals surface area contributed by atoms with Gasteiger partial charge in [-0.05, 0) is 27.1 Å². The lowest BCUT2D eigenvalue weighted by Gasteiger charge is -2.38. The number of nitrogens with zero attached hydrogens (tertiary/aromatic N) is 1. The first-order valence-electron chi connectivity index (χ1n) is 7.67. The summed E-state index contributed by atoms with van der Waals surface area (Å²) in [6.45, 7) is -0.300. The van der Waals surface area contributed by atoms with E-state index >= 15 is 0 Å². The van der Waals surface area contributed by atoms with Crippen molar-refractivity contribution in [2.24, 2.45) is 0 Å². The van der Waals surface area contributed by atoms with E-state index in [0.717, 1.165) is 4.90 Å². The minimum atomic E-state index is -2.71. The average Bonchev–Trinajstić information content (AvgIpc) is 2.25. The Balaban J connectivity index is 2.80. The summed E-state index contributed by atoms with van der Waals surface area (Å²) < 4.78 is 64.2. The van der Waals surface area contributed by atoms with Gasteiger partial charge in [-0.3, -0.25) is 4.90 Å². The van der Waals surface area contributed by atoms with Crippen LogP contribution < -0.4 is 5.32 Å². The van der Waals surface area contributed by atoms with Crippen LogP contribution >= 0.6 is 0 Å². The molecule has 64 valence electrons. The minimum absolute atomic E-state index is 0.844. The molecule has 0 radical (unpaired) electrons. The van der Waals surface area contributed by atoms with Crippen molar-refractivity contribution in [3.05, 3.63) is 0 Å². The van der Waals surface area contributed by atoms with Crippen molar-refractivity contribution in [1.29, 1.82) is 0 Å². The maximum atomic E-state index is 8.32. The van der Waals surface area contributed by atoms with Gasteiger partial charge in [-0.2, -0.15) is 0 Å². The molecular formula is C9H18N2. The summed E-state index contributed by atoms with van der Waals surface area (Å²) >= 11 is 0. The second-order valence-electron chi connectivity index (χ2n) is 3.72. The van der Waals surface area contributed by atoms with E-state index in [9.17, 15) is 0 Å². The van der Waals surface area contributed by atoms with Gasteiger partial charge in [0.05, 0.1) is 0 Å². The van der Waals surface area contributed by atoms with Gasteiger partial charge < -0.3 is 5.32 Å². The summed E-state index contributed by atoms with van der Waals surface area (Å²) in [7, 11) is 0. The second-order valence-corrected chi connectivity index (χ2v) is 3.72. The van der Waals surface area contributed by atoms with Gasteiger partial charge in [0.25, 0.3) is 0 Å². The zero-order valence-corrected chi connectivity index (χ0v) is 6.95. The predicted octanol–water partition coefficient (Wildman–Crippen LogP) is 0.831. The third-order valence-electron chi connectivity index (χ3n) is 1.67. The van der Waals surface area contributed by atoms with Crippen LogP contribution in [0.3, 0.4) is 0 Å². The van der Waals surface area contributed by atoms with Gasteiger partial charge in [-0.15, -0.1) is 0 Å². The maximum absolute atomic E-state index is 8.32. The average molecular weight is 162 g/mol. The Kier molecular flexibility index (Phi) is 0.543. The summed E-state index contributed by atoms with van der Waals surface area (Å²) in [5.41, 5.74) is -1.00. The quantitative estimate of drug-likeness (QED) is 0.567. The van der Waals surface area contributed by atoms with Crippen LogP contribution in [0.2, 0.25) is 0 Å². The molecule has 0 saturated carbocycles. The molecule has 0 spiro atoms. The standard InChI is InChI=1S/C9H18N2/c1-9(2,3)11-6-7-4-8(11)5-10-7/h7-8,10H,4-6H2,1-3H3/t7-,8-/m0/s1/i4D2,5D2,6D2,7D,8D. The van der Waals surface area contributed by atoms with Crippen molar-refractivity contribution < 1.29 is 11.0 Å². The highest BCUT2D eigenvalue weighted by atomic mass is 15.3. The van der Waals surface area contributed by atoms with E-state index in [2.05, 4.69) is 5.32 Å². The lowest BCUT2D eigenvalue weighted by atomic mass is 10.0. The monoisotopic (exact) mass is 162 g/mol. The van der Waals surface area contributed by atoms with Crippen molar-refractivity contribution in [1.82, 2.24) is 10.2 Å². The van der Waals surface area contributed by atoms with E-state index in [-0.39, 0.29) is 0 Å². The number of hydrogen-bond acceptors (Lipinski definition) is 2. The molecule has 0 aromatic heterocycles. The molecule has 2 heteroatoms. The summed E-state index contributed by atoms with van der Waals surface area (Å²) in [6.07, 6.45) is -2.71. The molecule has 0 unspecified atom stereocenters. The predicted molar refractivity (Wildman–Crippen MR) is 46.7 cm³/mol. The Hall–Kier alpha value is -0.0800. The summed E-state index contributed by atoms with van der Waals surface area (Å²) in [5.74, 6) is 0. The molecule has 2 fully saturated rings. The van der Waals surface area contributed by atoms with Gasteiger partial charge in [0.15, 0.2) is 0 Å². The molecule has 2 heterocycles. The fourth-order valence-corrected chi connectivity index (χ4v) is 1.14. The lowest BCUT2D eigenvalue weighted by molar-refractivity contribution is 0.106. The zero-order chi connectivity index (χ0) is 15.3. The van der Waals surface area contributed by atoms with Crippen LogP contribution in [-0.4, -0.2) is 35.5 Å². The SMILES string of the molecule is [2H]C1([2H])N(C(C)(C)C)[C@]2([2H])C([2H])([2H])N[C@@]1([2H])C2([2H])[2H]. The molecule has 0 amide bonds. The van der Waals surface area contributed by atoms with Gasteiger partial charge in [-0.25, -0.2) is 0 Å². The summed E-state index contributed by atoms with van der Waals surface area (Å²) in [4.78, 5) is 0.844. The molecule has 2 bridgehead atoms. The summed E-state index contributed by atoms with van der Waals surface area (Å²) in [6, 6.07) is -5.07. The topological polar surface area (TPSA) is 15.3 Å². The van der Waals surface area contributed by atoms with Crippen LogP contribution in [0, 0.1) is 0 Å². The van der Waals surface area contributed by atoms with Crippen LogP contribution in [0.25, 0.3) is 0 Å². The van der Waals surface area contributed by atoms with Crippen LogP contribution in [0.1, 0.15) is 38.1 Å². The van der Waals surface area contributed by atoms with Crippen molar-refractivity contribution >= 4 is 0 Å². The number of piperazine rings is 1. The van der Waals surface area contributed by atoms with Gasteiger partial charge in [0.2, 0.25) is 0 Å². The normalized spacial score (nSPS) is 76.3. The molecular weight excluding hydrogens is 136 g/mol. The van der Waals surface area contributed by atoms with E-state index in [0.29, 0.717) is 0 Å². The Morgan fingerprint density at radius 3 is 2.82 bits per heavy atom. The van der Waals surface area contributed by atoms with Crippen molar-refractivity contribution in [2.45, 2.75) is 44.7 Å². The maximum Gasteiger partial charge on any atom is 0.0481 e. The number of rotatable bonds is 0. The molecule has 0 aromatic carbocycles. The Labute approximate surface area is 80.2 Å². The second kappa shape index (κ2) is 2.20. The van der Waals surface area contributed by atoms with Crippen LogP contribution in [0.5, 0.6) is 0 Å². The van der Waals surface area contributed by atoms with Gasteiger partial charge in [-0.1, -0.05) is 0 Å². The fraction of sp³-hybridized carbons (Fsp3) is 1.00. The smallest absolute Gasteiger partial charge is 0.0481 e. The third-order valence-corrected chi connectivity index (χ3v) is 1.67. The Morgan fingerprint density at radius 2 is 2.36 bits per heavy atom. The highest BCUT2D eigenvalue weighted by molar-refractivity contribution is 5.01. The number of hydrogen-bond donors (Lipinski definition) is 1. The molecule has 2 atom stereocenters. The minimum Gasteiger partial charge on any atom is -0.311 e. The highest BCUT2D eigenvalue weighted by Gasteiger charge is 2.41. The van der Waals surface area contributed by atoms with E-state index in [4.69, 9.17) is 11.0 Å². The van der Waals surface area contributed by atoms with E-state index in [1.165, 1.54) is 0 Å². The number of nitrogens with one attached hydrogen (secondary N) is 1. The molecule has 2 aliphatic heterocycles. The first kappa shape index (κ1) is 2.71. The zero-order valence-electron chi connectivity index (χ0n) is 14.9. The van der Waals surface area contributed by atoms with E-state index in [1.807, 2.05) is 0 Å². The molecule has 0 aliphatic carbocycles. The highest BCUT2D eigenvalue weighted by Crippen LogP contribution is 2.29. The molecule has 1 N–H and O–H groups in total. The van der Waals surface area contributed by atoms with Gasteiger partial charge >= 0.3 is 0 Å². The summed E-state index contributed by atoms with van der Waals surface area (Å²) in [5, 5.41) is 2.05. The Morgan fingerprint density at radius 1 is 1.64 bits per heavy atom. The van der Waals surface area contributed by atoms with Crippen LogP contribution in [0.4, 0.5) is 0 Å². The molecule has 2 nitrogen and oxygen atoms in total. The van der Waals surface area contributed by atoms with Crippen molar-refractivity contribution in [2.75, 3.05) is 13.0 Å². The first-order chi connectivity index (χ1) is 8.07. The Bertz CT molecular complexity index is 430.